The van der Waals surface area contributed by atoms with Crippen LogP contribution < -0.4 is 10.6 Å². The standard InChI is InChI=1S/C21H18N2OS.C17H18N2OS.CH4/c1-14-2-4-15(5-3-14)13-22-17-8-6-16(7-9-17)21-23-19-11-10-18(24)12-20(19)25-21;1-2-3-10-18-13-6-4-12(5-7-13)17-19-15-9-8-14(20)11-16(15)21-17;/h2-12,22,24H,13H2,1H3;4-9,11,18,20H,2-3,10H2,1H3;1H4. The number of hydrogen-bond acceptors (Lipinski definition) is 8. The third-order valence-electron chi connectivity index (χ3n) is 7.48. The first-order valence-corrected chi connectivity index (χ1v) is 17.0. The Morgan fingerprint density at radius 1 is 0.617 bits per heavy atom. The first kappa shape index (κ1) is 33.4. The Bertz CT molecular complexity index is 2030. The zero-order valence-electron chi connectivity index (χ0n) is 25.8. The number of phenols is 2. The number of aromatic nitrogens is 2. The highest BCUT2D eigenvalue weighted by atomic mass is 32.1. The number of nitrogens with zero attached hydrogens (tertiary/aromatic N) is 2. The van der Waals surface area contributed by atoms with Gasteiger partial charge in [-0.1, -0.05) is 50.6 Å². The topological polar surface area (TPSA) is 90.3 Å². The normalized spacial score (nSPS) is 10.7. The molecule has 7 aromatic rings. The molecule has 0 fully saturated rings. The van der Waals surface area contributed by atoms with Crippen molar-refractivity contribution in [2.24, 2.45) is 0 Å². The van der Waals surface area contributed by atoms with E-state index in [1.807, 2.05) is 12.1 Å². The Balaban J connectivity index is 0.000000183. The molecule has 0 aliphatic carbocycles. The molecule has 6 nitrogen and oxygen atoms in total. The molecule has 7 rings (SSSR count). The monoisotopic (exact) mass is 660 g/mol. The molecule has 47 heavy (non-hydrogen) atoms. The van der Waals surface area contributed by atoms with Crippen LogP contribution in [-0.4, -0.2) is 26.7 Å². The molecule has 0 saturated heterocycles. The van der Waals surface area contributed by atoms with E-state index in [0.717, 1.165) is 66.0 Å². The van der Waals surface area contributed by atoms with Crippen molar-refractivity contribution in [1.29, 1.82) is 0 Å². The van der Waals surface area contributed by atoms with Crippen LogP contribution in [-0.2, 0) is 6.54 Å². The summed E-state index contributed by atoms with van der Waals surface area (Å²) in [5.41, 5.74) is 8.81. The molecule has 240 valence electrons. The molecule has 5 aromatic carbocycles. The summed E-state index contributed by atoms with van der Waals surface area (Å²) in [4.78, 5) is 9.26. The smallest absolute Gasteiger partial charge is 0.124 e. The molecule has 0 aliphatic rings. The zero-order chi connectivity index (χ0) is 31.9. The van der Waals surface area contributed by atoms with Gasteiger partial charge >= 0.3 is 0 Å². The fourth-order valence-electron chi connectivity index (χ4n) is 4.85. The van der Waals surface area contributed by atoms with E-state index in [0.29, 0.717) is 0 Å². The molecule has 4 N–H and O–H groups in total. The molecule has 0 bridgehead atoms. The van der Waals surface area contributed by atoms with Crippen molar-refractivity contribution in [3.05, 3.63) is 120 Å². The molecular formula is C39H40N4O2S2. The van der Waals surface area contributed by atoms with Gasteiger partial charge in [-0.3, -0.25) is 0 Å². The van der Waals surface area contributed by atoms with Gasteiger partial charge < -0.3 is 20.8 Å². The van der Waals surface area contributed by atoms with Gasteiger partial charge in [0.15, 0.2) is 0 Å². The van der Waals surface area contributed by atoms with E-state index in [4.69, 9.17) is 0 Å². The van der Waals surface area contributed by atoms with Crippen LogP contribution >= 0.6 is 22.7 Å². The van der Waals surface area contributed by atoms with Crippen molar-refractivity contribution in [2.45, 2.75) is 40.7 Å². The van der Waals surface area contributed by atoms with Gasteiger partial charge in [-0.15, -0.1) is 22.7 Å². The van der Waals surface area contributed by atoms with Crippen molar-refractivity contribution in [3.8, 4) is 32.6 Å². The van der Waals surface area contributed by atoms with Gasteiger partial charge in [-0.05, 0) is 104 Å². The highest BCUT2D eigenvalue weighted by molar-refractivity contribution is 7.22. The van der Waals surface area contributed by atoms with Gasteiger partial charge in [-0.25, -0.2) is 9.97 Å². The molecule has 2 aromatic heterocycles. The van der Waals surface area contributed by atoms with Crippen LogP contribution in [0, 0.1) is 6.92 Å². The highest BCUT2D eigenvalue weighted by Gasteiger charge is 2.08. The second-order valence-corrected chi connectivity index (χ2v) is 13.2. The quantitative estimate of drug-likeness (QED) is 0.115. The van der Waals surface area contributed by atoms with Crippen LogP contribution in [0.3, 0.4) is 0 Å². The average Bonchev–Trinajstić information content (AvgIpc) is 3.69. The third-order valence-corrected chi connectivity index (χ3v) is 9.62. The van der Waals surface area contributed by atoms with Crippen LogP contribution in [0.5, 0.6) is 11.5 Å². The number of fused-ring (bicyclic) bond motifs is 2. The van der Waals surface area contributed by atoms with E-state index in [2.05, 4.69) is 107 Å². The minimum atomic E-state index is 0. The number of rotatable bonds is 9. The maximum Gasteiger partial charge on any atom is 0.124 e. The van der Waals surface area contributed by atoms with Crippen LogP contribution in [0.15, 0.2) is 109 Å². The fourth-order valence-corrected chi connectivity index (χ4v) is 6.86. The molecule has 2 heterocycles. The van der Waals surface area contributed by atoms with Crippen LogP contribution in [0.2, 0.25) is 0 Å². The number of unbranched alkanes of at least 4 members (excludes halogenated alkanes) is 1. The van der Waals surface area contributed by atoms with E-state index in [1.165, 1.54) is 24.0 Å². The van der Waals surface area contributed by atoms with Crippen LogP contribution in [0.25, 0.3) is 41.6 Å². The van der Waals surface area contributed by atoms with Crippen molar-refractivity contribution in [2.75, 3.05) is 17.2 Å². The molecule has 0 aliphatic heterocycles. The molecule has 0 unspecified atom stereocenters. The first-order chi connectivity index (χ1) is 22.4. The molecule has 0 amide bonds. The number of nitrogens with one attached hydrogen (secondary N) is 2. The van der Waals surface area contributed by atoms with Gasteiger partial charge in [0.2, 0.25) is 0 Å². The lowest BCUT2D eigenvalue weighted by Gasteiger charge is -2.07. The number of aryl methyl sites for hydroxylation is 1. The number of aromatic hydroxyl groups is 2. The summed E-state index contributed by atoms with van der Waals surface area (Å²) < 4.78 is 2.01. The number of benzene rings is 5. The maximum atomic E-state index is 9.59. The fraction of sp³-hybridized carbons (Fsp3) is 0.179. The summed E-state index contributed by atoms with van der Waals surface area (Å²) in [5, 5.41) is 27.9. The maximum absolute atomic E-state index is 9.59. The lowest BCUT2D eigenvalue weighted by atomic mass is 10.1. The summed E-state index contributed by atoms with van der Waals surface area (Å²) in [6, 6.07) is 35.8. The summed E-state index contributed by atoms with van der Waals surface area (Å²) in [6.07, 6.45) is 2.38. The first-order valence-electron chi connectivity index (χ1n) is 15.4. The minimum Gasteiger partial charge on any atom is -0.508 e. The Hall–Kier alpha value is -4.92. The van der Waals surface area contributed by atoms with Gasteiger partial charge in [-0.2, -0.15) is 0 Å². The van der Waals surface area contributed by atoms with Gasteiger partial charge in [0.05, 0.1) is 20.4 Å². The van der Waals surface area contributed by atoms with E-state index < -0.39 is 0 Å². The van der Waals surface area contributed by atoms with Crippen LogP contribution in [0.1, 0.15) is 38.3 Å². The van der Waals surface area contributed by atoms with Gasteiger partial charge in [0, 0.05) is 35.6 Å². The Morgan fingerprint density at radius 3 is 1.60 bits per heavy atom. The largest absolute Gasteiger partial charge is 0.508 e. The molecule has 0 atom stereocenters. The number of phenolic OH excluding ortho intramolecular Hbond substituents is 2. The molecular weight excluding hydrogens is 621 g/mol. The summed E-state index contributed by atoms with van der Waals surface area (Å²) >= 11 is 3.19. The Morgan fingerprint density at radius 2 is 1.11 bits per heavy atom. The number of thiazole rings is 2. The summed E-state index contributed by atoms with van der Waals surface area (Å²) in [7, 11) is 0. The molecule has 0 radical (unpaired) electrons. The van der Waals surface area contributed by atoms with E-state index in [1.54, 1.807) is 46.9 Å². The second-order valence-electron chi connectivity index (χ2n) is 11.1. The highest BCUT2D eigenvalue weighted by Crippen LogP contribution is 2.34. The van der Waals surface area contributed by atoms with Gasteiger partial charge in [0.25, 0.3) is 0 Å². The minimum absolute atomic E-state index is 0. The van der Waals surface area contributed by atoms with E-state index in [-0.39, 0.29) is 18.9 Å². The van der Waals surface area contributed by atoms with E-state index >= 15 is 0 Å². The number of anilines is 2. The second kappa shape index (κ2) is 15.6. The van der Waals surface area contributed by atoms with Crippen molar-refractivity contribution >= 4 is 54.5 Å². The third kappa shape index (κ3) is 8.67. The average molecular weight is 661 g/mol. The van der Waals surface area contributed by atoms with Crippen molar-refractivity contribution in [3.63, 3.8) is 0 Å². The summed E-state index contributed by atoms with van der Waals surface area (Å²) in [6.45, 7) is 6.10. The number of hydrogen-bond donors (Lipinski definition) is 4. The SMILES string of the molecule is C.CCCCNc1ccc(-c2nc3ccc(O)cc3s2)cc1.Cc1ccc(CNc2ccc(-c3nc4ccc(O)cc4s3)cc2)cc1. The Kier molecular flexibility index (Phi) is 11.1. The molecule has 8 heteroatoms. The lowest BCUT2D eigenvalue weighted by molar-refractivity contribution is 0.475. The predicted octanol–water partition coefficient (Wildman–Crippen LogP) is 11.1. The lowest BCUT2D eigenvalue weighted by Crippen LogP contribution is -2.00. The van der Waals surface area contributed by atoms with Crippen LogP contribution in [0.4, 0.5) is 11.4 Å². The summed E-state index contributed by atoms with van der Waals surface area (Å²) in [5.74, 6) is 0.562. The molecule has 0 saturated carbocycles. The molecule has 0 spiro atoms. The van der Waals surface area contributed by atoms with Crippen molar-refractivity contribution < 1.29 is 10.2 Å². The Labute approximate surface area is 284 Å². The van der Waals surface area contributed by atoms with E-state index in [9.17, 15) is 10.2 Å². The van der Waals surface area contributed by atoms with Gasteiger partial charge in [0.1, 0.15) is 21.5 Å². The zero-order valence-corrected chi connectivity index (χ0v) is 27.5. The van der Waals surface area contributed by atoms with Crippen molar-refractivity contribution in [1.82, 2.24) is 9.97 Å². The predicted molar refractivity (Wildman–Crippen MR) is 202 cm³/mol.